The molecule has 20 heavy (non-hydrogen) atoms. The molecule has 0 aliphatic rings. The summed E-state index contributed by atoms with van der Waals surface area (Å²) in [4.78, 5) is 0. The van der Waals surface area contributed by atoms with Crippen molar-refractivity contribution in [2.45, 2.75) is 33.9 Å². The first-order chi connectivity index (χ1) is 9.43. The average Bonchev–Trinajstić information content (AvgIpc) is 2.68. The van der Waals surface area contributed by atoms with Gasteiger partial charge in [0.1, 0.15) is 0 Å². The summed E-state index contributed by atoms with van der Waals surface area (Å²) in [5.74, 6) is 0. The fourth-order valence-corrected chi connectivity index (χ4v) is 2.87. The van der Waals surface area contributed by atoms with Gasteiger partial charge in [0.25, 0.3) is 0 Å². The van der Waals surface area contributed by atoms with E-state index in [-0.39, 0.29) is 0 Å². The van der Waals surface area contributed by atoms with Crippen molar-refractivity contribution in [1.29, 1.82) is 0 Å². The molecule has 0 radical (unpaired) electrons. The molecule has 1 aromatic heterocycles. The smallest absolute Gasteiger partial charge is 0.0739 e. The number of hydrogen-bond acceptors (Lipinski definition) is 2. The zero-order chi connectivity index (χ0) is 14.9. The van der Waals surface area contributed by atoms with Crippen LogP contribution >= 0.6 is 39.1 Å². The highest BCUT2D eigenvalue weighted by molar-refractivity contribution is 9.10. The molecule has 0 atom stereocenters. The molecule has 1 heterocycles. The van der Waals surface area contributed by atoms with E-state index >= 15 is 0 Å². The number of benzene rings is 1. The van der Waals surface area contributed by atoms with Gasteiger partial charge in [-0.15, -0.1) is 0 Å². The van der Waals surface area contributed by atoms with E-state index in [1.165, 1.54) is 0 Å². The Morgan fingerprint density at radius 3 is 2.60 bits per heavy atom. The normalized spacial score (nSPS) is 10.9. The molecule has 0 unspecified atom stereocenters. The highest BCUT2D eigenvalue weighted by Gasteiger charge is 2.12. The summed E-state index contributed by atoms with van der Waals surface area (Å²) in [7, 11) is 0. The third-order valence-electron chi connectivity index (χ3n) is 3.15. The summed E-state index contributed by atoms with van der Waals surface area (Å²) in [5, 5.41) is 9.16. The topological polar surface area (TPSA) is 29.9 Å². The number of aromatic nitrogens is 2. The zero-order valence-electron chi connectivity index (χ0n) is 11.6. The second-order valence-corrected chi connectivity index (χ2v) is 6.20. The van der Waals surface area contributed by atoms with E-state index in [9.17, 15) is 0 Å². The molecule has 0 bridgehead atoms. The Hall–Kier alpha value is -0.710. The van der Waals surface area contributed by atoms with Gasteiger partial charge in [0.2, 0.25) is 0 Å². The number of nitrogens with one attached hydrogen (secondary N) is 1. The summed E-state index contributed by atoms with van der Waals surface area (Å²) in [6.07, 6.45) is 0. The Labute approximate surface area is 137 Å². The first kappa shape index (κ1) is 15.7. The summed E-state index contributed by atoms with van der Waals surface area (Å²) in [5.41, 5.74) is 3.88. The van der Waals surface area contributed by atoms with Crippen LogP contribution in [0.25, 0.3) is 0 Å². The zero-order valence-corrected chi connectivity index (χ0v) is 14.7. The van der Waals surface area contributed by atoms with E-state index in [1.54, 1.807) is 0 Å². The second-order valence-electron chi connectivity index (χ2n) is 4.60. The quantitative estimate of drug-likeness (QED) is 0.794. The average molecular weight is 377 g/mol. The van der Waals surface area contributed by atoms with Gasteiger partial charge in [-0.3, -0.25) is 4.68 Å². The third-order valence-corrected chi connectivity index (χ3v) is 4.90. The van der Waals surface area contributed by atoms with Crippen molar-refractivity contribution in [3.05, 3.63) is 43.6 Å². The Balaban J connectivity index is 2.23. The van der Waals surface area contributed by atoms with E-state index < -0.39 is 0 Å². The Morgan fingerprint density at radius 1 is 1.25 bits per heavy atom. The van der Waals surface area contributed by atoms with Gasteiger partial charge in [0.15, 0.2) is 0 Å². The lowest BCUT2D eigenvalue weighted by Crippen LogP contribution is -2.08. The molecule has 0 fully saturated rings. The highest BCUT2D eigenvalue weighted by Crippen LogP contribution is 2.30. The van der Waals surface area contributed by atoms with Gasteiger partial charge < -0.3 is 5.32 Å². The molecular formula is C14H16BrCl2N3. The minimum absolute atomic E-state index is 0.633. The number of anilines is 1. The van der Waals surface area contributed by atoms with Crippen molar-refractivity contribution < 1.29 is 0 Å². The molecule has 0 spiro atoms. The molecule has 1 N–H and O–H groups in total. The maximum absolute atomic E-state index is 6.23. The van der Waals surface area contributed by atoms with Crippen molar-refractivity contribution in [3.63, 3.8) is 0 Å². The first-order valence-corrected chi connectivity index (χ1v) is 7.90. The molecule has 0 saturated carbocycles. The van der Waals surface area contributed by atoms with Crippen LogP contribution in [0, 0.1) is 13.8 Å². The Kier molecular flexibility index (Phi) is 4.99. The third kappa shape index (κ3) is 3.13. The van der Waals surface area contributed by atoms with Crippen LogP contribution in [0.15, 0.2) is 16.6 Å². The fraction of sp³-hybridized carbons (Fsp3) is 0.357. The minimum atomic E-state index is 0.633. The van der Waals surface area contributed by atoms with Crippen LogP contribution in [0.5, 0.6) is 0 Å². The summed E-state index contributed by atoms with van der Waals surface area (Å²) in [6, 6.07) is 3.72. The van der Waals surface area contributed by atoms with Gasteiger partial charge in [-0.1, -0.05) is 23.2 Å². The number of hydrogen-bond donors (Lipinski definition) is 1. The number of halogens is 3. The van der Waals surface area contributed by atoms with Crippen LogP contribution in [0.2, 0.25) is 10.0 Å². The van der Waals surface area contributed by atoms with E-state index in [1.807, 2.05) is 30.7 Å². The van der Waals surface area contributed by atoms with Crippen molar-refractivity contribution in [1.82, 2.24) is 9.78 Å². The predicted molar refractivity (Wildman–Crippen MR) is 88.9 cm³/mol. The van der Waals surface area contributed by atoms with Crippen LogP contribution in [-0.4, -0.2) is 9.78 Å². The molecule has 108 valence electrons. The van der Waals surface area contributed by atoms with E-state index in [0.29, 0.717) is 16.6 Å². The molecule has 0 aliphatic carbocycles. The van der Waals surface area contributed by atoms with E-state index in [4.69, 9.17) is 23.2 Å². The maximum Gasteiger partial charge on any atom is 0.0739 e. The number of nitrogens with zero attached hydrogens (tertiary/aromatic N) is 2. The maximum atomic E-state index is 6.23. The van der Waals surface area contributed by atoms with Gasteiger partial charge in [0.05, 0.1) is 33.1 Å². The summed E-state index contributed by atoms with van der Waals surface area (Å²) in [6.45, 7) is 7.44. The van der Waals surface area contributed by atoms with Gasteiger partial charge in [-0.05, 0) is 54.4 Å². The lowest BCUT2D eigenvalue weighted by Gasteiger charge is -2.11. The summed E-state index contributed by atoms with van der Waals surface area (Å²) >= 11 is 15.9. The molecule has 2 aromatic rings. The predicted octanol–water partition coefficient (Wildman–Crippen LogP) is 5.20. The molecule has 0 aliphatic heterocycles. The van der Waals surface area contributed by atoms with Crippen molar-refractivity contribution in [2.75, 3.05) is 5.32 Å². The molecule has 6 heteroatoms. The SMILES string of the molecule is CCn1nc(C)c(Br)c1CNc1cc(Cl)c(C)cc1Cl. The molecule has 2 rings (SSSR count). The summed E-state index contributed by atoms with van der Waals surface area (Å²) < 4.78 is 3.00. The molecule has 0 amide bonds. The fourth-order valence-electron chi connectivity index (χ4n) is 2.00. The van der Waals surface area contributed by atoms with E-state index in [2.05, 4.69) is 33.3 Å². The Bertz CT molecular complexity index is 638. The first-order valence-electron chi connectivity index (χ1n) is 6.35. The van der Waals surface area contributed by atoms with Gasteiger partial charge >= 0.3 is 0 Å². The highest BCUT2D eigenvalue weighted by atomic mass is 79.9. The van der Waals surface area contributed by atoms with Gasteiger partial charge in [-0.25, -0.2) is 0 Å². The molecule has 3 nitrogen and oxygen atoms in total. The van der Waals surface area contributed by atoms with Crippen LogP contribution in [0.1, 0.15) is 23.9 Å². The molecule has 0 saturated heterocycles. The monoisotopic (exact) mass is 375 g/mol. The lowest BCUT2D eigenvalue weighted by atomic mass is 10.2. The molecule has 1 aromatic carbocycles. The molecular weight excluding hydrogens is 361 g/mol. The van der Waals surface area contributed by atoms with Crippen molar-refractivity contribution in [2.24, 2.45) is 0 Å². The number of aryl methyl sites for hydroxylation is 3. The lowest BCUT2D eigenvalue weighted by molar-refractivity contribution is 0.622. The van der Waals surface area contributed by atoms with Crippen molar-refractivity contribution >= 4 is 44.8 Å². The van der Waals surface area contributed by atoms with Crippen LogP contribution < -0.4 is 5.32 Å². The second kappa shape index (κ2) is 6.37. The van der Waals surface area contributed by atoms with Crippen LogP contribution in [0.4, 0.5) is 5.69 Å². The minimum Gasteiger partial charge on any atom is -0.378 e. The largest absolute Gasteiger partial charge is 0.378 e. The van der Waals surface area contributed by atoms with Crippen LogP contribution in [-0.2, 0) is 13.1 Å². The van der Waals surface area contributed by atoms with Crippen LogP contribution in [0.3, 0.4) is 0 Å². The standard InChI is InChI=1S/C14H16BrCl2N3/c1-4-20-13(14(15)9(3)19-20)7-18-12-6-10(16)8(2)5-11(12)17/h5-6,18H,4,7H2,1-3H3. The van der Waals surface area contributed by atoms with E-state index in [0.717, 1.165) is 33.7 Å². The van der Waals surface area contributed by atoms with Gasteiger partial charge in [0, 0.05) is 11.6 Å². The van der Waals surface area contributed by atoms with Gasteiger partial charge in [-0.2, -0.15) is 5.10 Å². The number of rotatable bonds is 4. The van der Waals surface area contributed by atoms with Crippen molar-refractivity contribution in [3.8, 4) is 0 Å². The Morgan fingerprint density at radius 2 is 1.95 bits per heavy atom.